The minimum absolute atomic E-state index is 0.0180. The summed E-state index contributed by atoms with van der Waals surface area (Å²) in [4.78, 5) is 17.1. The molecule has 5 nitrogen and oxygen atoms in total. The SMILES string of the molecule is CO[C@@H](Cc1ccc(OCC(C)c2sc(-c3ccc(C(C)(F)F)cc3)nc2C(C)C)cc1)C(=O)O. The van der Waals surface area contributed by atoms with Crippen molar-refractivity contribution in [3.05, 3.63) is 70.2 Å². The second-order valence-electron chi connectivity index (χ2n) is 9.01. The molecule has 1 unspecified atom stereocenters. The van der Waals surface area contributed by atoms with Gasteiger partial charge in [-0.15, -0.1) is 11.3 Å². The molecule has 3 rings (SSSR count). The van der Waals surface area contributed by atoms with Gasteiger partial charge in [0.05, 0.1) is 12.3 Å². The number of alkyl halides is 2. The first-order valence-electron chi connectivity index (χ1n) is 11.5. The van der Waals surface area contributed by atoms with Crippen molar-refractivity contribution in [2.45, 2.75) is 58.0 Å². The molecule has 3 aromatic rings. The van der Waals surface area contributed by atoms with Crippen LogP contribution < -0.4 is 4.74 Å². The predicted octanol–water partition coefficient (Wildman–Crippen LogP) is 6.87. The third-order valence-electron chi connectivity index (χ3n) is 5.72. The summed E-state index contributed by atoms with van der Waals surface area (Å²) in [6, 6.07) is 13.6. The Bertz CT molecular complexity index is 1120. The summed E-state index contributed by atoms with van der Waals surface area (Å²) in [6.07, 6.45) is -0.604. The molecule has 0 aliphatic rings. The summed E-state index contributed by atoms with van der Waals surface area (Å²) in [5.74, 6) is -2.90. The van der Waals surface area contributed by atoms with E-state index in [4.69, 9.17) is 19.6 Å². The van der Waals surface area contributed by atoms with Crippen LogP contribution in [-0.4, -0.2) is 35.9 Å². The van der Waals surface area contributed by atoms with Crippen molar-refractivity contribution in [1.82, 2.24) is 4.98 Å². The fraction of sp³-hybridized carbons (Fsp3) is 0.407. The number of carboxylic acid groups (broad SMARTS) is 1. The average Bonchev–Trinajstić information content (AvgIpc) is 3.27. The maximum Gasteiger partial charge on any atom is 0.333 e. The molecule has 188 valence electrons. The maximum atomic E-state index is 13.6. The van der Waals surface area contributed by atoms with Gasteiger partial charge in [0, 0.05) is 42.4 Å². The van der Waals surface area contributed by atoms with E-state index in [9.17, 15) is 13.6 Å². The number of halogens is 2. The molecule has 0 fully saturated rings. The average molecular weight is 504 g/mol. The molecule has 0 amide bonds. The Labute approximate surface area is 208 Å². The van der Waals surface area contributed by atoms with E-state index < -0.39 is 18.0 Å². The van der Waals surface area contributed by atoms with Gasteiger partial charge in [0.1, 0.15) is 10.8 Å². The summed E-state index contributed by atoms with van der Waals surface area (Å²) in [5.41, 5.74) is 2.63. The van der Waals surface area contributed by atoms with Gasteiger partial charge in [0.2, 0.25) is 0 Å². The lowest BCUT2D eigenvalue weighted by molar-refractivity contribution is -0.148. The van der Waals surface area contributed by atoms with Crippen LogP contribution in [0.15, 0.2) is 48.5 Å². The van der Waals surface area contributed by atoms with Crippen molar-refractivity contribution in [1.29, 1.82) is 0 Å². The van der Waals surface area contributed by atoms with E-state index in [1.807, 2.05) is 24.3 Å². The molecule has 1 heterocycles. The number of rotatable bonds is 11. The van der Waals surface area contributed by atoms with Gasteiger partial charge >= 0.3 is 5.97 Å². The van der Waals surface area contributed by atoms with Gasteiger partial charge in [0.15, 0.2) is 6.10 Å². The van der Waals surface area contributed by atoms with Crippen LogP contribution in [0, 0.1) is 0 Å². The van der Waals surface area contributed by atoms with Crippen LogP contribution in [0.5, 0.6) is 5.75 Å². The van der Waals surface area contributed by atoms with Crippen LogP contribution in [0.25, 0.3) is 10.6 Å². The fourth-order valence-electron chi connectivity index (χ4n) is 3.64. The van der Waals surface area contributed by atoms with E-state index in [1.165, 1.54) is 19.2 Å². The molecule has 0 radical (unpaired) electrons. The minimum atomic E-state index is -2.87. The molecule has 0 aliphatic carbocycles. The number of hydrogen-bond donors (Lipinski definition) is 1. The standard InChI is InChI=1S/C27H31F2NO4S/c1-16(2)23-24(35-25(30-23)19-8-10-20(11-9-19)27(4,28)29)17(3)15-34-21-12-6-18(7-13-21)14-22(33-5)26(31)32/h6-13,16-17,22H,14-15H2,1-5H3,(H,31,32)/t17?,22-/m0/s1. The van der Waals surface area contributed by atoms with Gasteiger partial charge in [-0.3, -0.25) is 0 Å². The number of ether oxygens (including phenoxy) is 2. The molecule has 8 heteroatoms. The fourth-order valence-corrected chi connectivity index (χ4v) is 4.90. The molecule has 2 atom stereocenters. The van der Waals surface area contributed by atoms with Crippen molar-refractivity contribution < 1.29 is 28.2 Å². The molecular weight excluding hydrogens is 472 g/mol. The Morgan fingerprint density at radius 2 is 1.71 bits per heavy atom. The Hall–Kier alpha value is -2.84. The van der Waals surface area contributed by atoms with Crippen molar-refractivity contribution in [3.63, 3.8) is 0 Å². The van der Waals surface area contributed by atoms with Gasteiger partial charge in [-0.2, -0.15) is 0 Å². The van der Waals surface area contributed by atoms with Crippen molar-refractivity contribution >= 4 is 17.3 Å². The largest absolute Gasteiger partial charge is 0.493 e. The molecule has 0 saturated heterocycles. The number of carboxylic acids is 1. The lowest BCUT2D eigenvalue weighted by Crippen LogP contribution is -2.24. The van der Waals surface area contributed by atoms with E-state index in [-0.39, 0.29) is 23.8 Å². The second kappa shape index (κ2) is 11.3. The van der Waals surface area contributed by atoms with Crippen LogP contribution in [-0.2, 0) is 21.9 Å². The van der Waals surface area contributed by atoms with Gasteiger partial charge in [-0.05, 0) is 23.6 Å². The highest BCUT2D eigenvalue weighted by atomic mass is 32.1. The van der Waals surface area contributed by atoms with E-state index >= 15 is 0 Å². The lowest BCUT2D eigenvalue weighted by Gasteiger charge is -2.15. The summed E-state index contributed by atoms with van der Waals surface area (Å²) in [7, 11) is 1.38. The molecule has 0 aliphatic heterocycles. The normalized spacial score (nSPS) is 13.6. The first-order valence-corrected chi connectivity index (χ1v) is 12.3. The van der Waals surface area contributed by atoms with Crippen molar-refractivity contribution in [3.8, 4) is 16.3 Å². The number of aromatic nitrogens is 1. The number of aliphatic carboxylic acids is 1. The molecule has 1 aromatic heterocycles. The third-order valence-corrected chi connectivity index (χ3v) is 7.07. The zero-order valence-corrected chi connectivity index (χ0v) is 21.4. The zero-order valence-electron chi connectivity index (χ0n) is 20.5. The molecule has 2 aromatic carbocycles. The Morgan fingerprint density at radius 1 is 1.09 bits per heavy atom. The smallest absolute Gasteiger partial charge is 0.333 e. The molecule has 1 N–H and O–H groups in total. The quantitative estimate of drug-likeness (QED) is 0.309. The monoisotopic (exact) mass is 503 g/mol. The number of hydrogen-bond acceptors (Lipinski definition) is 5. The molecular formula is C27H31F2NO4S. The number of methoxy groups -OCH3 is 1. The van der Waals surface area contributed by atoms with Gasteiger partial charge in [-0.1, -0.05) is 57.2 Å². The number of thiazole rings is 1. The molecule has 0 bridgehead atoms. The molecule has 0 spiro atoms. The van der Waals surface area contributed by atoms with Crippen LogP contribution >= 0.6 is 11.3 Å². The lowest BCUT2D eigenvalue weighted by atomic mass is 10.0. The van der Waals surface area contributed by atoms with Gasteiger partial charge in [0.25, 0.3) is 5.92 Å². The minimum Gasteiger partial charge on any atom is -0.493 e. The molecule has 35 heavy (non-hydrogen) atoms. The Kier molecular flexibility index (Phi) is 8.61. The predicted molar refractivity (Wildman–Crippen MR) is 134 cm³/mol. The summed E-state index contributed by atoms with van der Waals surface area (Å²) in [6.45, 7) is 7.58. The van der Waals surface area contributed by atoms with Gasteiger partial charge in [-0.25, -0.2) is 18.6 Å². The van der Waals surface area contributed by atoms with E-state index in [2.05, 4.69) is 20.8 Å². The van der Waals surface area contributed by atoms with E-state index in [0.29, 0.717) is 12.4 Å². The molecule has 0 saturated carbocycles. The highest BCUT2D eigenvalue weighted by Crippen LogP contribution is 2.37. The first kappa shape index (κ1) is 26.8. The van der Waals surface area contributed by atoms with Crippen LogP contribution in [0.1, 0.15) is 61.2 Å². The highest BCUT2D eigenvalue weighted by Gasteiger charge is 2.25. The van der Waals surface area contributed by atoms with E-state index in [1.54, 1.807) is 23.5 Å². The highest BCUT2D eigenvalue weighted by molar-refractivity contribution is 7.15. The topological polar surface area (TPSA) is 68.7 Å². The van der Waals surface area contributed by atoms with Crippen LogP contribution in [0.2, 0.25) is 0 Å². The van der Waals surface area contributed by atoms with Crippen molar-refractivity contribution in [2.24, 2.45) is 0 Å². The van der Waals surface area contributed by atoms with Gasteiger partial charge < -0.3 is 14.6 Å². The summed E-state index contributed by atoms with van der Waals surface area (Å²) < 4.78 is 38.1. The maximum absolute atomic E-state index is 13.6. The second-order valence-corrected chi connectivity index (χ2v) is 10.0. The van der Waals surface area contributed by atoms with Crippen LogP contribution in [0.3, 0.4) is 0 Å². The third kappa shape index (κ3) is 6.86. The van der Waals surface area contributed by atoms with Crippen molar-refractivity contribution in [2.75, 3.05) is 13.7 Å². The zero-order chi connectivity index (χ0) is 25.8. The van der Waals surface area contributed by atoms with E-state index in [0.717, 1.165) is 33.6 Å². The summed E-state index contributed by atoms with van der Waals surface area (Å²) >= 11 is 1.56. The Balaban J connectivity index is 1.70. The first-order chi connectivity index (χ1) is 16.5. The van der Waals surface area contributed by atoms with Crippen LogP contribution in [0.4, 0.5) is 8.78 Å². The summed E-state index contributed by atoms with van der Waals surface area (Å²) in [5, 5.41) is 9.94. The number of nitrogens with zero attached hydrogens (tertiary/aromatic N) is 1. The number of benzene rings is 2. The number of carbonyl (C=O) groups is 1. The Morgan fingerprint density at radius 3 is 2.23 bits per heavy atom.